The van der Waals surface area contributed by atoms with Gasteiger partial charge in [0.15, 0.2) is 0 Å². The van der Waals surface area contributed by atoms with Crippen LogP contribution in [0.2, 0.25) is 5.02 Å². The Morgan fingerprint density at radius 2 is 2.08 bits per heavy atom. The lowest BCUT2D eigenvalue weighted by atomic mass is 10.1. The molecule has 1 aliphatic rings. The molecule has 0 unspecified atom stereocenters. The molecule has 1 nitrogen and oxygen atoms in total. The van der Waals surface area contributed by atoms with Crippen LogP contribution in [0.25, 0.3) is 0 Å². The minimum Gasteiger partial charge on any atom is -0.372 e. The highest BCUT2D eigenvalue weighted by Gasteiger charge is 2.28. The van der Waals surface area contributed by atoms with Crippen molar-refractivity contribution >= 4 is 23.2 Å². The summed E-state index contributed by atoms with van der Waals surface area (Å²) in [5, 5.41) is 0.792. The fraction of sp³-hybridized carbons (Fsp3) is 0.400. The molecule has 0 N–H and O–H groups in total. The van der Waals surface area contributed by atoms with E-state index in [9.17, 15) is 0 Å². The van der Waals surface area contributed by atoms with Crippen LogP contribution in [0.3, 0.4) is 0 Å². The highest BCUT2D eigenvalue weighted by atomic mass is 35.5. The van der Waals surface area contributed by atoms with Gasteiger partial charge in [-0.2, -0.15) is 0 Å². The Balaban J connectivity index is 2.29. The van der Waals surface area contributed by atoms with Gasteiger partial charge in [0.05, 0.1) is 5.38 Å². The number of rotatable bonds is 1. The summed E-state index contributed by atoms with van der Waals surface area (Å²) in [6.45, 7) is 0.726. The van der Waals surface area contributed by atoms with Crippen LogP contribution >= 0.6 is 23.2 Å². The van der Waals surface area contributed by atoms with Crippen molar-refractivity contribution in [1.29, 1.82) is 0 Å². The van der Waals surface area contributed by atoms with Gasteiger partial charge in [-0.25, -0.2) is 0 Å². The van der Waals surface area contributed by atoms with Gasteiger partial charge in [0.1, 0.15) is 6.10 Å². The second-order valence-corrected chi connectivity index (χ2v) is 4.09. The number of ether oxygens (including phenoxy) is 1. The summed E-state index contributed by atoms with van der Waals surface area (Å²) in [6, 6.07) is 7.69. The monoisotopic (exact) mass is 216 g/mol. The first kappa shape index (κ1) is 9.32. The second kappa shape index (κ2) is 3.87. The molecule has 2 rings (SSSR count). The van der Waals surface area contributed by atoms with Gasteiger partial charge in [0, 0.05) is 17.2 Å². The first-order valence-corrected chi connectivity index (χ1v) is 5.10. The molecule has 70 valence electrons. The van der Waals surface area contributed by atoms with Crippen LogP contribution in [-0.4, -0.2) is 12.0 Å². The Kier molecular flexibility index (Phi) is 2.77. The average molecular weight is 217 g/mol. The van der Waals surface area contributed by atoms with Gasteiger partial charge in [-0.3, -0.25) is 0 Å². The lowest BCUT2D eigenvalue weighted by Crippen LogP contribution is -2.06. The van der Waals surface area contributed by atoms with E-state index in [1.54, 1.807) is 0 Å². The fourth-order valence-electron chi connectivity index (χ4n) is 1.55. The van der Waals surface area contributed by atoms with E-state index in [4.69, 9.17) is 27.9 Å². The summed E-state index contributed by atoms with van der Waals surface area (Å²) in [4.78, 5) is 0. The van der Waals surface area contributed by atoms with Crippen LogP contribution in [0.5, 0.6) is 0 Å². The SMILES string of the molecule is Clc1ccccc1[C@H]1OCC[C@@H]1Cl. The van der Waals surface area contributed by atoms with E-state index in [1.165, 1.54) is 0 Å². The minimum absolute atomic E-state index is 0.0321. The van der Waals surface area contributed by atoms with Gasteiger partial charge >= 0.3 is 0 Å². The molecule has 1 saturated heterocycles. The van der Waals surface area contributed by atoms with E-state index in [-0.39, 0.29) is 11.5 Å². The quantitative estimate of drug-likeness (QED) is 0.655. The number of hydrogen-bond acceptors (Lipinski definition) is 1. The first-order valence-electron chi connectivity index (χ1n) is 4.29. The fourth-order valence-corrected chi connectivity index (χ4v) is 2.09. The number of alkyl halides is 1. The summed E-state index contributed by atoms with van der Waals surface area (Å²) >= 11 is 12.1. The topological polar surface area (TPSA) is 9.23 Å². The molecule has 0 saturated carbocycles. The van der Waals surface area contributed by atoms with Crippen LogP contribution in [0, 0.1) is 0 Å². The van der Waals surface area contributed by atoms with E-state index in [0.29, 0.717) is 0 Å². The Labute approximate surface area is 87.6 Å². The summed E-state index contributed by atoms with van der Waals surface area (Å²) in [5.41, 5.74) is 1.00. The van der Waals surface area contributed by atoms with Crippen LogP contribution in [-0.2, 0) is 4.74 Å². The van der Waals surface area contributed by atoms with Crippen LogP contribution in [0.1, 0.15) is 18.1 Å². The van der Waals surface area contributed by atoms with Crippen LogP contribution in [0.4, 0.5) is 0 Å². The number of hydrogen-bond donors (Lipinski definition) is 0. The zero-order valence-corrected chi connectivity index (χ0v) is 8.55. The van der Waals surface area contributed by atoms with Crippen molar-refractivity contribution in [3.63, 3.8) is 0 Å². The lowest BCUT2D eigenvalue weighted by molar-refractivity contribution is 0.113. The molecular formula is C10H10Cl2O. The standard InChI is InChI=1S/C10H10Cl2O/c11-8-4-2-1-3-7(8)10-9(12)5-6-13-10/h1-4,9-10H,5-6H2/t9-,10+/m0/s1. The normalized spacial score (nSPS) is 27.8. The smallest absolute Gasteiger partial charge is 0.100 e. The summed E-state index contributed by atoms with van der Waals surface area (Å²) in [6.07, 6.45) is 0.868. The molecule has 0 radical (unpaired) electrons. The number of halogens is 2. The lowest BCUT2D eigenvalue weighted by Gasteiger charge is -2.14. The molecule has 2 atom stereocenters. The Hall–Kier alpha value is -0.240. The predicted octanol–water partition coefficient (Wildman–Crippen LogP) is 3.41. The maximum Gasteiger partial charge on any atom is 0.100 e. The van der Waals surface area contributed by atoms with Crippen LogP contribution in [0.15, 0.2) is 24.3 Å². The van der Waals surface area contributed by atoms with Gasteiger partial charge < -0.3 is 4.74 Å². The molecule has 1 fully saturated rings. The molecule has 3 heteroatoms. The zero-order valence-electron chi connectivity index (χ0n) is 7.04. The maximum absolute atomic E-state index is 6.10. The predicted molar refractivity (Wildman–Crippen MR) is 54.4 cm³/mol. The van der Waals surface area contributed by atoms with Crippen molar-refractivity contribution in [2.24, 2.45) is 0 Å². The van der Waals surface area contributed by atoms with Crippen molar-refractivity contribution in [2.45, 2.75) is 17.9 Å². The average Bonchev–Trinajstić information content (AvgIpc) is 2.52. The van der Waals surface area contributed by atoms with E-state index < -0.39 is 0 Å². The molecule has 0 aliphatic carbocycles. The molecule has 0 aromatic heterocycles. The highest BCUT2D eigenvalue weighted by molar-refractivity contribution is 6.31. The molecule has 0 bridgehead atoms. The molecule has 1 aliphatic heterocycles. The van der Waals surface area contributed by atoms with E-state index in [1.807, 2.05) is 24.3 Å². The van der Waals surface area contributed by atoms with Crippen molar-refractivity contribution in [1.82, 2.24) is 0 Å². The molecule has 1 aromatic rings. The highest BCUT2D eigenvalue weighted by Crippen LogP contribution is 2.36. The van der Waals surface area contributed by atoms with Crippen molar-refractivity contribution in [3.8, 4) is 0 Å². The third kappa shape index (κ3) is 1.83. The van der Waals surface area contributed by atoms with Gasteiger partial charge in [0.2, 0.25) is 0 Å². The van der Waals surface area contributed by atoms with E-state index in [2.05, 4.69) is 0 Å². The molecular weight excluding hydrogens is 207 g/mol. The summed E-state index contributed by atoms with van der Waals surface area (Å²) in [5.74, 6) is 0. The van der Waals surface area contributed by atoms with E-state index >= 15 is 0 Å². The molecule has 13 heavy (non-hydrogen) atoms. The maximum atomic E-state index is 6.10. The van der Waals surface area contributed by atoms with Crippen molar-refractivity contribution in [3.05, 3.63) is 34.9 Å². The van der Waals surface area contributed by atoms with E-state index in [0.717, 1.165) is 23.6 Å². The van der Waals surface area contributed by atoms with Gasteiger partial charge in [-0.05, 0) is 12.5 Å². The third-order valence-electron chi connectivity index (χ3n) is 2.23. The molecule has 0 amide bonds. The first-order chi connectivity index (χ1) is 6.29. The molecule has 1 heterocycles. The summed E-state index contributed by atoms with van der Waals surface area (Å²) < 4.78 is 5.52. The van der Waals surface area contributed by atoms with Crippen molar-refractivity contribution < 1.29 is 4.74 Å². The second-order valence-electron chi connectivity index (χ2n) is 3.12. The largest absolute Gasteiger partial charge is 0.372 e. The third-order valence-corrected chi connectivity index (χ3v) is 3.02. The Morgan fingerprint density at radius 1 is 1.31 bits per heavy atom. The van der Waals surface area contributed by atoms with Gasteiger partial charge in [0.25, 0.3) is 0 Å². The number of benzene rings is 1. The Morgan fingerprint density at radius 3 is 2.69 bits per heavy atom. The van der Waals surface area contributed by atoms with Crippen LogP contribution < -0.4 is 0 Å². The minimum atomic E-state index is -0.0321. The molecule has 0 spiro atoms. The van der Waals surface area contributed by atoms with Gasteiger partial charge in [-0.1, -0.05) is 29.8 Å². The summed E-state index contributed by atoms with van der Waals surface area (Å²) in [7, 11) is 0. The Bertz CT molecular complexity index is 301. The molecule has 1 aromatic carbocycles. The zero-order chi connectivity index (χ0) is 9.26. The van der Waals surface area contributed by atoms with Crippen molar-refractivity contribution in [2.75, 3.05) is 6.61 Å². The van der Waals surface area contributed by atoms with Gasteiger partial charge in [-0.15, -0.1) is 11.6 Å².